The van der Waals surface area contributed by atoms with Gasteiger partial charge in [0.05, 0.1) is 27.0 Å². The van der Waals surface area contributed by atoms with Gasteiger partial charge in [-0.2, -0.15) is 0 Å². The molecule has 0 fully saturated rings. The average molecular weight is 394 g/mol. The molecule has 2 aromatic carbocycles. The smallest absolute Gasteiger partial charge is 0.160 e. The quantitative estimate of drug-likeness (QED) is 0.563. The molecule has 0 spiro atoms. The summed E-state index contributed by atoms with van der Waals surface area (Å²) in [5.74, 6) is 3.65. The van der Waals surface area contributed by atoms with Gasteiger partial charge in [0.15, 0.2) is 11.5 Å². The van der Waals surface area contributed by atoms with Crippen LogP contribution in [0.2, 0.25) is 0 Å². The molecule has 1 heterocycles. The molecule has 0 unspecified atom stereocenters. The lowest BCUT2D eigenvalue weighted by Gasteiger charge is -2.13. The lowest BCUT2D eigenvalue weighted by atomic mass is 10.1. The molecule has 7 heteroatoms. The van der Waals surface area contributed by atoms with Gasteiger partial charge in [-0.1, -0.05) is 12.1 Å². The van der Waals surface area contributed by atoms with E-state index in [0.717, 1.165) is 52.8 Å². The molecule has 1 aromatic heterocycles. The van der Waals surface area contributed by atoms with E-state index < -0.39 is 0 Å². The lowest BCUT2D eigenvalue weighted by molar-refractivity contribution is 0.354. The first-order valence-corrected chi connectivity index (χ1v) is 9.31. The van der Waals surface area contributed by atoms with Gasteiger partial charge in [0.25, 0.3) is 0 Å². The van der Waals surface area contributed by atoms with Crippen LogP contribution in [0.4, 0.5) is 17.3 Å². The van der Waals surface area contributed by atoms with Crippen LogP contribution < -0.4 is 24.8 Å². The minimum Gasteiger partial charge on any atom is -0.495 e. The summed E-state index contributed by atoms with van der Waals surface area (Å²) < 4.78 is 16.0. The topological polar surface area (TPSA) is 77.5 Å². The van der Waals surface area contributed by atoms with Gasteiger partial charge in [-0.25, -0.2) is 9.97 Å². The van der Waals surface area contributed by atoms with Crippen molar-refractivity contribution in [3.63, 3.8) is 0 Å². The predicted molar refractivity (Wildman–Crippen MR) is 115 cm³/mol. The van der Waals surface area contributed by atoms with Crippen molar-refractivity contribution < 1.29 is 14.2 Å². The molecule has 152 valence electrons. The predicted octanol–water partition coefficient (Wildman–Crippen LogP) is 4.21. The third-order valence-electron chi connectivity index (χ3n) is 4.45. The van der Waals surface area contributed by atoms with Gasteiger partial charge in [-0.15, -0.1) is 0 Å². The van der Waals surface area contributed by atoms with E-state index in [1.54, 1.807) is 21.3 Å². The summed E-state index contributed by atoms with van der Waals surface area (Å²) in [5.41, 5.74) is 3.14. The Morgan fingerprint density at radius 2 is 1.52 bits per heavy atom. The standard InChI is InChI=1S/C22H26N4O3/c1-15-5-7-18(27-2)17(11-15)26-22-13-21(24-14-25-22)23-10-9-16-6-8-19(28-3)20(12-16)29-4/h5-8,11-14H,9-10H2,1-4H3,(H2,23,24,25,26). The van der Waals surface area contributed by atoms with Gasteiger partial charge in [0, 0.05) is 12.6 Å². The minimum atomic E-state index is 0.692. The zero-order valence-corrected chi connectivity index (χ0v) is 17.2. The van der Waals surface area contributed by atoms with E-state index in [9.17, 15) is 0 Å². The first-order chi connectivity index (χ1) is 14.1. The Hall–Kier alpha value is -3.48. The molecule has 29 heavy (non-hydrogen) atoms. The van der Waals surface area contributed by atoms with Crippen LogP contribution in [0.5, 0.6) is 17.2 Å². The van der Waals surface area contributed by atoms with Crippen LogP contribution in [-0.2, 0) is 6.42 Å². The summed E-state index contributed by atoms with van der Waals surface area (Å²) in [5, 5.41) is 6.62. The van der Waals surface area contributed by atoms with Crippen molar-refractivity contribution in [3.8, 4) is 17.2 Å². The van der Waals surface area contributed by atoms with Crippen molar-refractivity contribution >= 4 is 17.3 Å². The van der Waals surface area contributed by atoms with Crippen LogP contribution >= 0.6 is 0 Å². The Balaban J connectivity index is 1.63. The van der Waals surface area contributed by atoms with E-state index in [0.29, 0.717) is 5.82 Å². The molecule has 0 aliphatic carbocycles. The molecular formula is C22H26N4O3. The molecule has 3 rings (SSSR count). The zero-order valence-electron chi connectivity index (χ0n) is 17.2. The summed E-state index contributed by atoms with van der Waals surface area (Å²) in [6, 6.07) is 13.8. The van der Waals surface area contributed by atoms with Gasteiger partial charge in [0.1, 0.15) is 23.7 Å². The number of nitrogens with one attached hydrogen (secondary N) is 2. The number of methoxy groups -OCH3 is 3. The normalized spacial score (nSPS) is 10.3. The first kappa shape index (κ1) is 20.3. The van der Waals surface area contributed by atoms with E-state index in [2.05, 4.69) is 20.6 Å². The summed E-state index contributed by atoms with van der Waals surface area (Å²) in [4.78, 5) is 8.59. The van der Waals surface area contributed by atoms with Crippen molar-refractivity contribution in [3.05, 3.63) is 59.9 Å². The van der Waals surface area contributed by atoms with Crippen LogP contribution in [0.1, 0.15) is 11.1 Å². The second-order valence-corrected chi connectivity index (χ2v) is 6.48. The fraction of sp³-hybridized carbons (Fsp3) is 0.273. The second kappa shape index (κ2) is 9.64. The summed E-state index contributed by atoms with van der Waals surface area (Å²) >= 11 is 0. The van der Waals surface area contributed by atoms with E-state index in [-0.39, 0.29) is 0 Å². The van der Waals surface area contributed by atoms with Crippen LogP contribution in [0.15, 0.2) is 48.8 Å². The maximum absolute atomic E-state index is 5.41. The molecule has 7 nitrogen and oxygen atoms in total. The lowest BCUT2D eigenvalue weighted by Crippen LogP contribution is -2.07. The summed E-state index contributed by atoms with van der Waals surface area (Å²) in [6.45, 7) is 2.76. The highest BCUT2D eigenvalue weighted by atomic mass is 16.5. The van der Waals surface area contributed by atoms with Crippen molar-refractivity contribution in [1.29, 1.82) is 0 Å². The highest BCUT2D eigenvalue weighted by molar-refractivity contribution is 5.66. The second-order valence-electron chi connectivity index (χ2n) is 6.48. The fourth-order valence-corrected chi connectivity index (χ4v) is 2.95. The number of nitrogens with zero attached hydrogens (tertiary/aromatic N) is 2. The van der Waals surface area contributed by atoms with Crippen LogP contribution in [0.3, 0.4) is 0 Å². The molecular weight excluding hydrogens is 368 g/mol. The minimum absolute atomic E-state index is 0.692. The largest absolute Gasteiger partial charge is 0.495 e. The van der Waals surface area contributed by atoms with Gasteiger partial charge in [-0.3, -0.25) is 0 Å². The molecule has 0 amide bonds. The highest BCUT2D eigenvalue weighted by Crippen LogP contribution is 2.29. The van der Waals surface area contributed by atoms with E-state index in [1.807, 2.05) is 49.4 Å². The summed E-state index contributed by atoms with van der Waals surface area (Å²) in [7, 11) is 4.92. The SMILES string of the molecule is COc1ccc(C)cc1Nc1cc(NCCc2ccc(OC)c(OC)c2)ncn1. The Morgan fingerprint density at radius 3 is 2.28 bits per heavy atom. The molecule has 0 saturated carbocycles. The maximum Gasteiger partial charge on any atom is 0.160 e. The average Bonchev–Trinajstić information content (AvgIpc) is 2.74. The number of anilines is 3. The monoisotopic (exact) mass is 394 g/mol. The number of rotatable bonds is 9. The van der Waals surface area contributed by atoms with Crippen LogP contribution in [-0.4, -0.2) is 37.8 Å². The molecule has 2 N–H and O–H groups in total. The number of hydrogen-bond donors (Lipinski definition) is 2. The Morgan fingerprint density at radius 1 is 0.793 bits per heavy atom. The Labute approximate surface area is 171 Å². The van der Waals surface area contributed by atoms with E-state index >= 15 is 0 Å². The molecule has 0 aliphatic rings. The van der Waals surface area contributed by atoms with Crippen LogP contribution in [0, 0.1) is 6.92 Å². The molecule has 0 saturated heterocycles. The van der Waals surface area contributed by atoms with Crippen molar-refractivity contribution in [2.75, 3.05) is 38.5 Å². The first-order valence-electron chi connectivity index (χ1n) is 9.31. The van der Waals surface area contributed by atoms with Crippen molar-refractivity contribution in [2.45, 2.75) is 13.3 Å². The Bertz CT molecular complexity index is 963. The molecule has 3 aromatic rings. The summed E-state index contributed by atoms with van der Waals surface area (Å²) in [6.07, 6.45) is 2.35. The van der Waals surface area contributed by atoms with E-state index in [4.69, 9.17) is 14.2 Å². The number of hydrogen-bond acceptors (Lipinski definition) is 7. The number of aryl methyl sites for hydroxylation is 1. The van der Waals surface area contributed by atoms with Crippen molar-refractivity contribution in [1.82, 2.24) is 9.97 Å². The fourth-order valence-electron chi connectivity index (χ4n) is 2.95. The zero-order chi connectivity index (χ0) is 20.6. The van der Waals surface area contributed by atoms with Gasteiger partial charge in [-0.05, 0) is 48.7 Å². The molecule has 0 bridgehead atoms. The van der Waals surface area contributed by atoms with Crippen LogP contribution in [0.25, 0.3) is 0 Å². The molecule has 0 atom stereocenters. The third kappa shape index (κ3) is 5.28. The molecule has 0 radical (unpaired) electrons. The number of aromatic nitrogens is 2. The maximum atomic E-state index is 5.41. The van der Waals surface area contributed by atoms with Gasteiger partial charge >= 0.3 is 0 Å². The Kier molecular flexibility index (Phi) is 6.73. The number of benzene rings is 2. The van der Waals surface area contributed by atoms with E-state index in [1.165, 1.54) is 6.33 Å². The van der Waals surface area contributed by atoms with Crippen molar-refractivity contribution in [2.24, 2.45) is 0 Å². The highest BCUT2D eigenvalue weighted by Gasteiger charge is 2.07. The van der Waals surface area contributed by atoms with Gasteiger partial charge in [0.2, 0.25) is 0 Å². The number of ether oxygens (including phenoxy) is 3. The van der Waals surface area contributed by atoms with Gasteiger partial charge < -0.3 is 24.8 Å². The third-order valence-corrected chi connectivity index (χ3v) is 4.45. The molecule has 0 aliphatic heterocycles.